The van der Waals surface area contributed by atoms with Crippen LogP contribution in [0.3, 0.4) is 0 Å². The van der Waals surface area contributed by atoms with Gasteiger partial charge in [0.2, 0.25) is 0 Å². The van der Waals surface area contributed by atoms with Gasteiger partial charge in [-0.1, -0.05) is 0 Å². The minimum Gasteiger partial charge on any atom is -0.395 e. The smallest absolute Gasteiger partial charge is 0.395 e. The maximum Gasteiger partial charge on any atom is 0.471 e. The van der Waals surface area contributed by atoms with Crippen LogP contribution in [0.15, 0.2) is 12.5 Å². The van der Waals surface area contributed by atoms with E-state index in [9.17, 15) is 19.9 Å². The number of rotatable bonds is 6. The van der Waals surface area contributed by atoms with Gasteiger partial charge < -0.3 is 40.7 Å². The van der Waals surface area contributed by atoms with Crippen LogP contribution in [0.25, 0.3) is 11.0 Å². The first-order valence-corrected chi connectivity index (χ1v) is 8.84. The van der Waals surface area contributed by atoms with Crippen LogP contribution in [0.5, 0.6) is 0 Å². The number of hydrogen-bond donors (Lipinski definition) is 8. The second-order valence-electron chi connectivity index (χ2n) is 5.55. The lowest BCUT2D eigenvalue weighted by Crippen LogP contribution is -2.35. The van der Waals surface area contributed by atoms with Crippen molar-refractivity contribution in [3.8, 4) is 0 Å². The highest BCUT2D eigenvalue weighted by Crippen LogP contribution is 2.36. The van der Waals surface area contributed by atoms with Gasteiger partial charge >= 0.3 is 7.82 Å². The third-order valence-electron chi connectivity index (χ3n) is 3.99. The summed E-state index contributed by atoms with van der Waals surface area (Å²) in [5, 5.41) is 34.9. The standard InChI is InChI=1S/C12H18N5O7P/c18-2-6-10(19)11(20)8(17-6)5-1-13-9-7(5)14-3-15-12(9)16-4-24-25(21,22)23/h1,3,6,8,10-11,13,17-20H,2,4H2,(H,14,15,16)(H2,21,22,23)/t6-,8+,10-,11+/m1/s1. The quantitative estimate of drug-likeness (QED) is 0.209. The molecule has 13 heteroatoms. The third-order valence-corrected chi connectivity index (χ3v) is 4.46. The largest absolute Gasteiger partial charge is 0.471 e. The van der Waals surface area contributed by atoms with Crippen LogP contribution in [-0.4, -0.2) is 71.6 Å². The summed E-state index contributed by atoms with van der Waals surface area (Å²) < 4.78 is 15.0. The molecule has 0 aliphatic carbocycles. The molecule has 2 aromatic heterocycles. The van der Waals surface area contributed by atoms with E-state index in [1.165, 1.54) is 6.33 Å². The van der Waals surface area contributed by atoms with Crippen molar-refractivity contribution in [2.75, 3.05) is 18.7 Å². The fraction of sp³-hybridized carbons (Fsp3) is 0.500. The fourth-order valence-corrected chi connectivity index (χ4v) is 3.05. The van der Waals surface area contributed by atoms with Gasteiger partial charge in [0, 0.05) is 11.8 Å². The molecule has 0 aromatic carbocycles. The molecule has 0 radical (unpaired) electrons. The maximum atomic E-state index is 10.7. The Balaban J connectivity index is 1.85. The summed E-state index contributed by atoms with van der Waals surface area (Å²) in [5.41, 5.74) is 1.43. The number of phosphoric acid groups is 1. The van der Waals surface area contributed by atoms with E-state index < -0.39 is 38.8 Å². The van der Waals surface area contributed by atoms with Crippen molar-refractivity contribution in [2.45, 2.75) is 24.3 Å². The highest BCUT2D eigenvalue weighted by atomic mass is 31.2. The second-order valence-corrected chi connectivity index (χ2v) is 6.78. The van der Waals surface area contributed by atoms with Crippen LogP contribution in [0.2, 0.25) is 0 Å². The Morgan fingerprint density at radius 1 is 1.28 bits per heavy atom. The van der Waals surface area contributed by atoms with Gasteiger partial charge in [-0.3, -0.25) is 4.52 Å². The number of aliphatic hydroxyl groups excluding tert-OH is 3. The lowest BCUT2D eigenvalue weighted by Gasteiger charge is -2.15. The molecule has 138 valence electrons. The van der Waals surface area contributed by atoms with E-state index >= 15 is 0 Å². The number of aromatic nitrogens is 3. The van der Waals surface area contributed by atoms with E-state index in [2.05, 4.69) is 30.1 Å². The molecule has 4 atom stereocenters. The topological polar surface area (TPSA) is 193 Å². The number of nitrogens with one attached hydrogen (secondary N) is 3. The average molecular weight is 375 g/mol. The van der Waals surface area contributed by atoms with Crippen molar-refractivity contribution < 1.29 is 34.2 Å². The summed E-state index contributed by atoms with van der Waals surface area (Å²) in [6, 6.07) is -1.32. The first-order chi connectivity index (χ1) is 11.8. The van der Waals surface area contributed by atoms with E-state index in [4.69, 9.17) is 9.79 Å². The molecule has 1 aliphatic rings. The fourth-order valence-electron chi connectivity index (χ4n) is 2.81. The predicted octanol–water partition coefficient (Wildman–Crippen LogP) is -1.84. The summed E-state index contributed by atoms with van der Waals surface area (Å²) in [6.07, 6.45) is 0.541. The number of H-pyrrole nitrogens is 1. The van der Waals surface area contributed by atoms with Crippen LogP contribution in [0.4, 0.5) is 5.82 Å². The highest BCUT2D eigenvalue weighted by molar-refractivity contribution is 7.46. The zero-order chi connectivity index (χ0) is 18.2. The zero-order valence-corrected chi connectivity index (χ0v) is 13.7. The van der Waals surface area contributed by atoms with Crippen LogP contribution >= 0.6 is 7.82 Å². The van der Waals surface area contributed by atoms with E-state index in [0.29, 0.717) is 16.6 Å². The maximum absolute atomic E-state index is 10.7. The summed E-state index contributed by atoms with van der Waals surface area (Å²) in [7, 11) is -4.61. The Labute approximate surface area is 141 Å². The zero-order valence-electron chi connectivity index (χ0n) is 12.8. The van der Waals surface area contributed by atoms with E-state index in [-0.39, 0.29) is 12.4 Å². The average Bonchev–Trinajstić information content (AvgIpc) is 3.09. The van der Waals surface area contributed by atoms with Gasteiger partial charge in [-0.2, -0.15) is 0 Å². The van der Waals surface area contributed by atoms with E-state index in [1.54, 1.807) is 6.20 Å². The van der Waals surface area contributed by atoms with Gasteiger partial charge in [0.05, 0.1) is 30.3 Å². The first kappa shape index (κ1) is 18.2. The van der Waals surface area contributed by atoms with Crippen molar-refractivity contribution in [1.29, 1.82) is 0 Å². The Morgan fingerprint density at radius 3 is 2.68 bits per heavy atom. The Hall–Kier alpha value is -1.63. The minimum atomic E-state index is -4.61. The Morgan fingerprint density at radius 2 is 2.04 bits per heavy atom. The number of fused-ring (bicyclic) bond motifs is 1. The summed E-state index contributed by atoms with van der Waals surface area (Å²) >= 11 is 0. The molecule has 0 bridgehead atoms. The molecule has 8 N–H and O–H groups in total. The number of nitrogens with zero attached hydrogens (tertiary/aromatic N) is 2. The molecule has 25 heavy (non-hydrogen) atoms. The molecule has 1 fully saturated rings. The van der Waals surface area contributed by atoms with E-state index in [1.807, 2.05) is 0 Å². The van der Waals surface area contributed by atoms with Crippen LogP contribution in [0, 0.1) is 0 Å². The SMILES string of the molecule is O=P(O)(O)OCNc1ncnc2c([C@@H]3N[C@H](CO)[C@@H](O)[C@H]3O)c[nH]c12. The highest BCUT2D eigenvalue weighted by Gasteiger charge is 2.42. The van der Waals surface area contributed by atoms with Gasteiger partial charge in [0.25, 0.3) is 0 Å². The second kappa shape index (κ2) is 6.94. The Kier molecular flexibility index (Phi) is 5.04. The van der Waals surface area contributed by atoms with Gasteiger partial charge in [0.15, 0.2) is 5.82 Å². The molecule has 1 saturated heterocycles. The van der Waals surface area contributed by atoms with Crippen LogP contribution in [-0.2, 0) is 9.09 Å². The molecule has 0 saturated carbocycles. The lowest BCUT2D eigenvalue weighted by molar-refractivity contribution is 0.0196. The summed E-state index contributed by atoms with van der Waals surface area (Å²) in [5.74, 6) is 0.247. The first-order valence-electron chi connectivity index (χ1n) is 7.31. The van der Waals surface area contributed by atoms with Crippen molar-refractivity contribution in [3.05, 3.63) is 18.1 Å². The molecule has 0 amide bonds. The minimum absolute atomic E-state index is 0.247. The van der Waals surface area contributed by atoms with E-state index in [0.717, 1.165) is 0 Å². The monoisotopic (exact) mass is 375 g/mol. The molecular weight excluding hydrogens is 357 g/mol. The van der Waals surface area contributed by atoms with Gasteiger partial charge in [0.1, 0.15) is 24.7 Å². The number of hydrogen-bond acceptors (Lipinski definition) is 9. The van der Waals surface area contributed by atoms with Gasteiger partial charge in [-0.15, -0.1) is 0 Å². The number of aromatic amines is 1. The number of anilines is 1. The van der Waals surface area contributed by atoms with Crippen LogP contribution in [0.1, 0.15) is 11.6 Å². The summed E-state index contributed by atoms with van der Waals surface area (Å²) in [4.78, 5) is 28.4. The third kappa shape index (κ3) is 3.66. The van der Waals surface area contributed by atoms with Crippen molar-refractivity contribution >= 4 is 24.7 Å². The molecule has 2 aromatic rings. The van der Waals surface area contributed by atoms with Crippen LogP contribution < -0.4 is 10.6 Å². The molecule has 1 aliphatic heterocycles. The number of phosphoric ester groups is 1. The normalized spacial score (nSPS) is 27.1. The number of aliphatic hydroxyl groups is 3. The Bertz CT molecular complexity index is 795. The van der Waals surface area contributed by atoms with Crippen molar-refractivity contribution in [2.24, 2.45) is 0 Å². The van der Waals surface area contributed by atoms with Crippen molar-refractivity contribution in [1.82, 2.24) is 20.3 Å². The molecular formula is C12H18N5O7P. The molecule has 0 spiro atoms. The lowest BCUT2D eigenvalue weighted by atomic mass is 10.0. The van der Waals surface area contributed by atoms with Gasteiger partial charge in [-0.05, 0) is 0 Å². The molecule has 3 rings (SSSR count). The molecule has 12 nitrogen and oxygen atoms in total. The predicted molar refractivity (Wildman–Crippen MR) is 84.3 cm³/mol. The molecule has 3 heterocycles. The summed E-state index contributed by atoms with van der Waals surface area (Å²) in [6.45, 7) is -0.807. The molecule has 0 unspecified atom stereocenters. The van der Waals surface area contributed by atoms with Gasteiger partial charge in [-0.25, -0.2) is 14.5 Å². The van der Waals surface area contributed by atoms with Crippen molar-refractivity contribution in [3.63, 3.8) is 0 Å².